The largest absolute Gasteiger partial charge is 0.357 e. The molecule has 27 heavy (non-hydrogen) atoms. The van der Waals surface area contributed by atoms with Crippen molar-refractivity contribution in [3.63, 3.8) is 0 Å². The molecule has 2 aromatic carbocycles. The van der Waals surface area contributed by atoms with E-state index in [1.54, 1.807) is 30.1 Å². The van der Waals surface area contributed by atoms with E-state index in [4.69, 9.17) is 23.2 Å². The molecule has 2 aromatic rings. The highest BCUT2D eigenvalue weighted by Crippen LogP contribution is 2.27. The monoisotopic (exact) mass is 406 g/mol. The second-order valence-corrected chi connectivity index (χ2v) is 7.06. The lowest BCUT2D eigenvalue weighted by atomic mass is 10.1. The smallest absolute Gasteiger partial charge is 0.242 e. The molecule has 0 spiro atoms. The van der Waals surface area contributed by atoms with Crippen molar-refractivity contribution < 1.29 is 9.59 Å². The Morgan fingerprint density at radius 2 is 1.67 bits per heavy atom. The summed E-state index contributed by atoms with van der Waals surface area (Å²) in [6.07, 6.45) is 1.41. The van der Waals surface area contributed by atoms with Crippen molar-refractivity contribution in [2.45, 2.75) is 38.8 Å². The molecule has 4 nitrogen and oxygen atoms in total. The highest BCUT2D eigenvalue weighted by Gasteiger charge is 2.28. The van der Waals surface area contributed by atoms with Gasteiger partial charge in [-0.15, -0.1) is 0 Å². The quantitative estimate of drug-likeness (QED) is 0.702. The molecule has 0 bridgehead atoms. The van der Waals surface area contributed by atoms with Gasteiger partial charge >= 0.3 is 0 Å². The fourth-order valence-corrected chi connectivity index (χ4v) is 3.50. The van der Waals surface area contributed by atoms with Gasteiger partial charge in [0.25, 0.3) is 0 Å². The number of hydrogen-bond donors (Lipinski definition) is 1. The fourth-order valence-electron chi connectivity index (χ4n) is 2.98. The summed E-state index contributed by atoms with van der Waals surface area (Å²) in [7, 11) is 1.57. The number of aryl methyl sites for hydroxylation is 1. The van der Waals surface area contributed by atoms with E-state index in [0.29, 0.717) is 34.9 Å². The molecule has 6 heteroatoms. The van der Waals surface area contributed by atoms with Gasteiger partial charge in [-0.05, 0) is 30.5 Å². The predicted molar refractivity (Wildman–Crippen MR) is 110 cm³/mol. The van der Waals surface area contributed by atoms with Gasteiger partial charge in [-0.25, -0.2) is 0 Å². The van der Waals surface area contributed by atoms with Gasteiger partial charge in [0.2, 0.25) is 11.8 Å². The highest BCUT2D eigenvalue weighted by atomic mass is 35.5. The topological polar surface area (TPSA) is 49.4 Å². The summed E-state index contributed by atoms with van der Waals surface area (Å²) in [5.41, 5.74) is 1.73. The molecule has 0 heterocycles. The summed E-state index contributed by atoms with van der Waals surface area (Å²) in [6, 6.07) is 14.4. The first kappa shape index (κ1) is 21.3. The maximum atomic E-state index is 13.0. The highest BCUT2D eigenvalue weighted by molar-refractivity contribution is 6.36. The summed E-state index contributed by atoms with van der Waals surface area (Å²) >= 11 is 12.6. The van der Waals surface area contributed by atoms with Crippen molar-refractivity contribution in [1.29, 1.82) is 0 Å². The number of carbonyl (C=O) groups is 2. The van der Waals surface area contributed by atoms with E-state index in [2.05, 4.69) is 5.32 Å². The van der Waals surface area contributed by atoms with Crippen LogP contribution < -0.4 is 5.32 Å². The second-order valence-electron chi connectivity index (χ2n) is 6.25. The maximum Gasteiger partial charge on any atom is 0.242 e. The van der Waals surface area contributed by atoms with Crippen molar-refractivity contribution in [2.24, 2.45) is 0 Å². The molecule has 0 saturated heterocycles. The zero-order valence-electron chi connectivity index (χ0n) is 15.5. The van der Waals surface area contributed by atoms with Crippen LogP contribution in [0.15, 0.2) is 48.5 Å². The van der Waals surface area contributed by atoms with Crippen LogP contribution in [0.4, 0.5) is 0 Å². The maximum absolute atomic E-state index is 13.0. The Labute approximate surface area is 170 Å². The number of hydrogen-bond acceptors (Lipinski definition) is 2. The lowest BCUT2D eigenvalue weighted by molar-refractivity contribution is -0.141. The van der Waals surface area contributed by atoms with Crippen LogP contribution in [0.2, 0.25) is 10.0 Å². The molecule has 1 unspecified atom stereocenters. The molecular weight excluding hydrogens is 383 g/mol. The van der Waals surface area contributed by atoms with Crippen LogP contribution in [0.5, 0.6) is 0 Å². The summed E-state index contributed by atoms with van der Waals surface area (Å²) in [5, 5.41) is 3.60. The number of likely N-dealkylation sites (N-methyl/N-ethyl adjacent to an activating group) is 1. The molecule has 0 fully saturated rings. The summed E-state index contributed by atoms with van der Waals surface area (Å²) < 4.78 is 0. The third kappa shape index (κ3) is 5.72. The van der Waals surface area contributed by atoms with Crippen molar-refractivity contribution in [1.82, 2.24) is 10.2 Å². The van der Waals surface area contributed by atoms with Gasteiger partial charge in [0.15, 0.2) is 0 Å². The molecule has 1 N–H and O–H groups in total. The molecule has 144 valence electrons. The lowest BCUT2D eigenvalue weighted by Gasteiger charge is -2.31. The van der Waals surface area contributed by atoms with E-state index < -0.39 is 6.04 Å². The number of halogens is 2. The van der Waals surface area contributed by atoms with Crippen molar-refractivity contribution >= 4 is 35.0 Å². The first-order valence-electron chi connectivity index (χ1n) is 8.95. The minimum atomic E-state index is -0.578. The third-order valence-corrected chi connectivity index (χ3v) is 5.20. The molecule has 0 aromatic heterocycles. The van der Waals surface area contributed by atoms with E-state index in [-0.39, 0.29) is 18.4 Å². The molecule has 0 saturated carbocycles. The van der Waals surface area contributed by atoms with Crippen LogP contribution in [0.3, 0.4) is 0 Å². The van der Waals surface area contributed by atoms with Crippen LogP contribution in [0, 0.1) is 0 Å². The summed E-state index contributed by atoms with van der Waals surface area (Å²) in [4.78, 5) is 27.0. The number of nitrogens with zero attached hydrogens (tertiary/aromatic N) is 1. The zero-order chi connectivity index (χ0) is 19.8. The average molecular weight is 407 g/mol. The molecule has 0 aliphatic heterocycles. The number of carbonyl (C=O) groups excluding carboxylic acids is 2. The first-order valence-corrected chi connectivity index (χ1v) is 9.71. The molecular formula is C21H24Cl2N2O2. The molecule has 0 aliphatic rings. The van der Waals surface area contributed by atoms with E-state index in [1.165, 1.54) is 0 Å². The summed E-state index contributed by atoms with van der Waals surface area (Å²) in [6.45, 7) is 2.07. The Morgan fingerprint density at radius 1 is 1.04 bits per heavy atom. The Balaban J connectivity index is 2.25. The van der Waals surface area contributed by atoms with E-state index in [0.717, 1.165) is 5.56 Å². The normalized spacial score (nSPS) is 11.7. The Bertz CT molecular complexity index is 761. The van der Waals surface area contributed by atoms with Gasteiger partial charge in [-0.3, -0.25) is 9.59 Å². The van der Waals surface area contributed by atoms with Gasteiger partial charge in [-0.2, -0.15) is 0 Å². The van der Waals surface area contributed by atoms with Gasteiger partial charge in [0.05, 0.1) is 0 Å². The van der Waals surface area contributed by atoms with Gasteiger partial charge < -0.3 is 10.2 Å². The van der Waals surface area contributed by atoms with E-state index >= 15 is 0 Å². The van der Waals surface area contributed by atoms with Gasteiger partial charge in [-0.1, -0.05) is 66.5 Å². The number of nitrogens with one attached hydrogen (secondary N) is 1. The van der Waals surface area contributed by atoms with Crippen LogP contribution in [-0.2, 0) is 22.6 Å². The van der Waals surface area contributed by atoms with Crippen molar-refractivity contribution in [2.75, 3.05) is 7.05 Å². The van der Waals surface area contributed by atoms with E-state index in [9.17, 15) is 9.59 Å². The third-order valence-electron chi connectivity index (χ3n) is 4.49. The molecule has 1 atom stereocenters. The van der Waals surface area contributed by atoms with Gasteiger partial charge in [0, 0.05) is 35.6 Å². The Hall–Kier alpha value is -2.04. The van der Waals surface area contributed by atoms with Crippen molar-refractivity contribution in [3.05, 3.63) is 69.7 Å². The summed E-state index contributed by atoms with van der Waals surface area (Å²) in [5.74, 6) is -0.306. The first-order chi connectivity index (χ1) is 13.0. The molecule has 0 radical (unpaired) electrons. The average Bonchev–Trinajstić information content (AvgIpc) is 2.68. The van der Waals surface area contributed by atoms with Crippen LogP contribution in [0.1, 0.15) is 30.9 Å². The lowest BCUT2D eigenvalue weighted by Crippen LogP contribution is -2.48. The van der Waals surface area contributed by atoms with Crippen LogP contribution >= 0.6 is 23.2 Å². The molecule has 2 amide bonds. The van der Waals surface area contributed by atoms with E-state index in [1.807, 2.05) is 37.3 Å². The Kier molecular flexibility index (Phi) is 8.14. The van der Waals surface area contributed by atoms with Crippen LogP contribution in [0.25, 0.3) is 0 Å². The minimum absolute atomic E-state index is 0.106. The zero-order valence-corrected chi connectivity index (χ0v) is 17.1. The SMILES string of the molecule is CCC(C(=O)NC)N(Cc1c(Cl)cccc1Cl)C(=O)CCc1ccccc1. The van der Waals surface area contributed by atoms with Crippen molar-refractivity contribution in [3.8, 4) is 0 Å². The van der Waals surface area contributed by atoms with Gasteiger partial charge in [0.1, 0.15) is 6.04 Å². The molecule has 2 rings (SSSR count). The number of benzene rings is 2. The minimum Gasteiger partial charge on any atom is -0.357 e. The number of rotatable bonds is 8. The number of amides is 2. The molecule has 0 aliphatic carbocycles. The van der Waals surface area contributed by atoms with Crippen LogP contribution in [-0.4, -0.2) is 29.8 Å². The predicted octanol–water partition coefficient (Wildman–Crippen LogP) is 4.48. The fraction of sp³-hybridized carbons (Fsp3) is 0.333. The standard InChI is InChI=1S/C21H24Cl2N2O2/c1-3-19(21(27)24-2)25(14-16-17(22)10-7-11-18(16)23)20(26)13-12-15-8-5-4-6-9-15/h4-11,19H,3,12-14H2,1-2H3,(H,24,27). The second kappa shape index (κ2) is 10.3. The Morgan fingerprint density at radius 3 is 2.22 bits per heavy atom.